The minimum atomic E-state index is -0.0162. The molecule has 0 fully saturated rings. The van der Waals surface area contributed by atoms with Gasteiger partial charge in [0.2, 0.25) is 0 Å². The number of unbranched alkanes of at least 4 members (excludes halogenated alkanes) is 2. The average Bonchev–Trinajstić information content (AvgIpc) is 3.53. The molecule has 7 heteroatoms. The molecule has 166 valence electrons. The largest absolute Gasteiger partial charge is 0.324 e. The van der Waals surface area contributed by atoms with E-state index in [4.69, 9.17) is 11.5 Å². The summed E-state index contributed by atoms with van der Waals surface area (Å²) in [7, 11) is 0. The molecule has 31 heavy (non-hydrogen) atoms. The molecule has 4 nitrogen and oxygen atoms in total. The smallest absolute Gasteiger partial charge is 0.186 e. The normalized spacial score (nSPS) is 11.2. The van der Waals surface area contributed by atoms with E-state index in [-0.39, 0.29) is 24.7 Å². The summed E-state index contributed by atoms with van der Waals surface area (Å²) in [6.07, 6.45) is 6.58. The first-order chi connectivity index (χ1) is 15.0. The molecule has 4 N–H and O–H groups in total. The van der Waals surface area contributed by atoms with Crippen molar-refractivity contribution in [1.29, 1.82) is 0 Å². The average molecular weight is 475 g/mol. The third kappa shape index (κ3) is 5.41. The number of nitrogens with two attached hydrogens (primary N) is 2. The van der Waals surface area contributed by atoms with Gasteiger partial charge in [0, 0.05) is 19.5 Å². The van der Waals surface area contributed by atoms with Crippen molar-refractivity contribution in [3.63, 3.8) is 0 Å². The lowest BCUT2D eigenvalue weighted by molar-refractivity contribution is 0.0997. The van der Waals surface area contributed by atoms with Crippen LogP contribution in [0.25, 0.3) is 19.5 Å². The fraction of sp³-hybridized carbons (Fsp3) is 0.417. The van der Waals surface area contributed by atoms with Crippen LogP contribution < -0.4 is 11.5 Å². The summed E-state index contributed by atoms with van der Waals surface area (Å²) in [6.45, 7) is 4.50. The van der Waals surface area contributed by atoms with Gasteiger partial charge in [-0.1, -0.05) is 26.7 Å². The summed E-state index contributed by atoms with van der Waals surface area (Å²) in [6, 6.07) is 7.90. The zero-order valence-corrected chi connectivity index (χ0v) is 20.6. The van der Waals surface area contributed by atoms with E-state index in [0.717, 1.165) is 58.0 Å². The fourth-order valence-electron chi connectivity index (χ4n) is 3.55. The zero-order chi connectivity index (χ0) is 22.4. The molecule has 0 radical (unpaired) electrons. The van der Waals surface area contributed by atoms with Gasteiger partial charge in [-0.2, -0.15) is 0 Å². The number of carbonyl (C=O) groups excluding carboxylic acids is 2. The molecule has 0 aliphatic carbocycles. The maximum atomic E-state index is 12.1. The fourth-order valence-corrected chi connectivity index (χ4v) is 7.14. The second-order valence-electron chi connectivity index (χ2n) is 7.51. The predicted molar refractivity (Wildman–Crippen MR) is 135 cm³/mol. The highest BCUT2D eigenvalue weighted by atomic mass is 32.1. The molecule has 0 amide bonds. The standard InChI is InChI=1S/C24H30N2O2S3/c1-3-5-7-15-16(8-6-4-2)24(22-12-10-20(30-22)18(28)14-26)31-23(15)21-11-9-19(29-21)17(27)13-25/h9-12H,3-8,13-14,25-26H2,1-2H3. The van der Waals surface area contributed by atoms with Gasteiger partial charge in [-0.25, -0.2) is 0 Å². The number of rotatable bonds is 12. The van der Waals surface area contributed by atoms with E-state index in [1.807, 2.05) is 12.1 Å². The Labute approximate surface area is 196 Å². The first-order valence-corrected chi connectivity index (χ1v) is 13.3. The first kappa shape index (κ1) is 24.0. The van der Waals surface area contributed by atoms with Crippen LogP contribution in [0.4, 0.5) is 0 Å². The van der Waals surface area contributed by atoms with Gasteiger partial charge in [0.25, 0.3) is 0 Å². The van der Waals surface area contributed by atoms with Crippen LogP contribution in [0.1, 0.15) is 70.0 Å². The van der Waals surface area contributed by atoms with Gasteiger partial charge in [0.15, 0.2) is 11.6 Å². The van der Waals surface area contributed by atoms with Gasteiger partial charge < -0.3 is 11.5 Å². The van der Waals surface area contributed by atoms with E-state index in [1.54, 1.807) is 11.3 Å². The van der Waals surface area contributed by atoms with Crippen molar-refractivity contribution in [3.05, 3.63) is 45.1 Å². The highest BCUT2D eigenvalue weighted by Gasteiger charge is 2.23. The van der Waals surface area contributed by atoms with Gasteiger partial charge in [0.05, 0.1) is 22.8 Å². The van der Waals surface area contributed by atoms with Crippen molar-refractivity contribution in [2.45, 2.75) is 52.4 Å². The van der Waals surface area contributed by atoms with Crippen molar-refractivity contribution < 1.29 is 9.59 Å². The Bertz CT molecular complexity index is 965. The topological polar surface area (TPSA) is 86.2 Å². The molecule has 0 bridgehead atoms. The lowest BCUT2D eigenvalue weighted by Crippen LogP contribution is -2.11. The number of hydrogen-bond acceptors (Lipinski definition) is 7. The van der Waals surface area contributed by atoms with Crippen molar-refractivity contribution >= 4 is 45.6 Å². The molecule has 0 aliphatic heterocycles. The van der Waals surface area contributed by atoms with Crippen molar-refractivity contribution in [2.24, 2.45) is 11.5 Å². The second kappa shape index (κ2) is 11.3. The van der Waals surface area contributed by atoms with Gasteiger partial charge in [-0.15, -0.1) is 34.0 Å². The minimum Gasteiger partial charge on any atom is -0.324 e. The molecule has 0 saturated carbocycles. The third-order valence-corrected chi connectivity index (χ3v) is 9.14. The summed E-state index contributed by atoms with van der Waals surface area (Å²) in [5.41, 5.74) is 14.0. The maximum absolute atomic E-state index is 12.1. The van der Waals surface area contributed by atoms with Crippen LogP contribution in [-0.4, -0.2) is 24.7 Å². The number of thiophene rings is 3. The second-order valence-corrected chi connectivity index (χ2v) is 10.7. The molecule has 0 saturated heterocycles. The quantitative estimate of drug-likeness (QED) is 0.307. The zero-order valence-electron chi connectivity index (χ0n) is 18.2. The maximum Gasteiger partial charge on any atom is 0.186 e. The Morgan fingerprint density at radius 3 is 1.48 bits per heavy atom. The van der Waals surface area contributed by atoms with Gasteiger partial charge in [0.1, 0.15) is 0 Å². The Morgan fingerprint density at radius 1 is 0.710 bits per heavy atom. The van der Waals surface area contributed by atoms with Crippen LogP contribution in [0, 0.1) is 0 Å². The van der Waals surface area contributed by atoms with E-state index < -0.39 is 0 Å². The molecule has 3 heterocycles. The highest BCUT2D eigenvalue weighted by Crippen LogP contribution is 2.47. The molecular formula is C24H30N2O2S3. The van der Waals surface area contributed by atoms with Crippen molar-refractivity contribution in [2.75, 3.05) is 13.1 Å². The molecule has 0 atom stereocenters. The van der Waals surface area contributed by atoms with Crippen LogP contribution >= 0.6 is 34.0 Å². The predicted octanol–water partition coefficient (Wildman–Crippen LogP) is 6.17. The van der Waals surface area contributed by atoms with E-state index in [2.05, 4.69) is 26.0 Å². The minimum absolute atomic E-state index is 0.0162. The third-order valence-electron chi connectivity index (χ3n) is 5.26. The SMILES string of the molecule is CCCCc1c(-c2ccc(C(=O)CN)s2)sc(-c2ccc(C(=O)CN)s2)c1CCCC. The van der Waals surface area contributed by atoms with Crippen molar-refractivity contribution in [1.82, 2.24) is 0 Å². The number of ketones is 2. The van der Waals surface area contributed by atoms with Gasteiger partial charge in [-0.05, 0) is 61.1 Å². The van der Waals surface area contributed by atoms with Crippen LogP contribution in [0.15, 0.2) is 24.3 Å². The van der Waals surface area contributed by atoms with E-state index in [0.29, 0.717) is 0 Å². The Hall–Kier alpha value is -1.64. The van der Waals surface area contributed by atoms with Crippen LogP contribution in [0.2, 0.25) is 0 Å². The number of hydrogen-bond donors (Lipinski definition) is 2. The highest BCUT2D eigenvalue weighted by molar-refractivity contribution is 7.27. The molecular weight excluding hydrogens is 444 g/mol. The lowest BCUT2D eigenvalue weighted by Gasteiger charge is -2.08. The molecule has 3 aromatic heterocycles. The van der Waals surface area contributed by atoms with Gasteiger partial charge in [-0.3, -0.25) is 9.59 Å². The molecule has 3 aromatic rings. The van der Waals surface area contributed by atoms with Crippen LogP contribution in [-0.2, 0) is 12.8 Å². The summed E-state index contributed by atoms with van der Waals surface area (Å²) >= 11 is 4.86. The Balaban J connectivity index is 2.13. The summed E-state index contributed by atoms with van der Waals surface area (Å²) < 4.78 is 0. The number of carbonyl (C=O) groups is 2. The lowest BCUT2D eigenvalue weighted by atomic mass is 9.97. The van der Waals surface area contributed by atoms with E-state index >= 15 is 0 Å². The molecule has 3 rings (SSSR count). The Morgan fingerprint density at radius 2 is 1.13 bits per heavy atom. The van der Waals surface area contributed by atoms with Crippen molar-refractivity contribution in [3.8, 4) is 19.5 Å². The Kier molecular flexibility index (Phi) is 8.75. The molecule has 0 spiro atoms. The van der Waals surface area contributed by atoms with Crippen LogP contribution in [0.3, 0.4) is 0 Å². The molecule has 0 aromatic carbocycles. The van der Waals surface area contributed by atoms with Crippen LogP contribution in [0.5, 0.6) is 0 Å². The monoisotopic (exact) mass is 474 g/mol. The molecule has 0 unspecified atom stereocenters. The summed E-state index contributed by atoms with van der Waals surface area (Å²) in [5, 5.41) is 0. The van der Waals surface area contributed by atoms with E-state index in [1.165, 1.54) is 43.6 Å². The molecule has 0 aliphatic rings. The number of Topliss-reactive ketones (excluding diaryl/α,β-unsaturated/α-hetero) is 2. The summed E-state index contributed by atoms with van der Waals surface area (Å²) in [5.74, 6) is -0.0323. The van der Waals surface area contributed by atoms with Gasteiger partial charge >= 0.3 is 0 Å². The summed E-state index contributed by atoms with van der Waals surface area (Å²) in [4.78, 5) is 30.4. The van der Waals surface area contributed by atoms with E-state index in [9.17, 15) is 9.59 Å². The first-order valence-electron chi connectivity index (χ1n) is 10.8.